The minimum atomic E-state index is -0.434. The molecule has 0 aliphatic heterocycles. The molecule has 1 atom stereocenters. The fourth-order valence-electron chi connectivity index (χ4n) is 3.74. The molecule has 190 valence electrons. The maximum Gasteiger partial charge on any atom is 0.256 e. The number of carbonyl (C=O) groups excluding carboxylic acids is 2. The van der Waals surface area contributed by atoms with Crippen LogP contribution in [0.2, 0.25) is 5.02 Å². The van der Waals surface area contributed by atoms with Crippen molar-refractivity contribution in [2.45, 2.75) is 45.6 Å². The van der Waals surface area contributed by atoms with Crippen LogP contribution in [0.5, 0.6) is 0 Å². The SMILES string of the molecule is CC(C(=O)NCc1cc(C(C)(C)C)nn1-c1cccc(Cl)c1)c1ccc(NC(=O)c2ccccc2)nc1. The first-order valence-corrected chi connectivity index (χ1v) is 12.4. The van der Waals surface area contributed by atoms with E-state index < -0.39 is 5.92 Å². The topological polar surface area (TPSA) is 88.9 Å². The Labute approximate surface area is 221 Å². The molecular weight excluding hydrogens is 486 g/mol. The highest BCUT2D eigenvalue weighted by atomic mass is 35.5. The number of aromatic nitrogens is 3. The first-order chi connectivity index (χ1) is 17.6. The minimum absolute atomic E-state index is 0.140. The fourth-order valence-corrected chi connectivity index (χ4v) is 3.92. The molecule has 2 amide bonds. The molecule has 7 nitrogen and oxygen atoms in total. The van der Waals surface area contributed by atoms with Crippen molar-refractivity contribution in [1.82, 2.24) is 20.1 Å². The van der Waals surface area contributed by atoms with E-state index in [1.807, 2.05) is 48.0 Å². The van der Waals surface area contributed by atoms with Gasteiger partial charge in [-0.3, -0.25) is 9.59 Å². The van der Waals surface area contributed by atoms with Crippen molar-refractivity contribution in [2.24, 2.45) is 0 Å². The summed E-state index contributed by atoms with van der Waals surface area (Å²) in [7, 11) is 0. The van der Waals surface area contributed by atoms with Crippen LogP contribution in [-0.4, -0.2) is 26.6 Å². The van der Waals surface area contributed by atoms with E-state index in [4.69, 9.17) is 16.7 Å². The summed E-state index contributed by atoms with van der Waals surface area (Å²) < 4.78 is 1.82. The summed E-state index contributed by atoms with van der Waals surface area (Å²) in [4.78, 5) is 29.7. The van der Waals surface area contributed by atoms with Gasteiger partial charge < -0.3 is 10.6 Å². The number of anilines is 1. The highest BCUT2D eigenvalue weighted by Crippen LogP contribution is 2.25. The molecule has 1 unspecified atom stereocenters. The summed E-state index contributed by atoms with van der Waals surface area (Å²) in [5, 5.41) is 11.2. The zero-order valence-electron chi connectivity index (χ0n) is 21.3. The molecule has 0 saturated carbocycles. The number of nitrogens with zero attached hydrogens (tertiary/aromatic N) is 3. The van der Waals surface area contributed by atoms with E-state index in [-0.39, 0.29) is 17.2 Å². The third-order valence-electron chi connectivity index (χ3n) is 6.01. The van der Waals surface area contributed by atoms with Gasteiger partial charge in [-0.1, -0.05) is 62.7 Å². The van der Waals surface area contributed by atoms with Crippen LogP contribution in [0.15, 0.2) is 79.0 Å². The smallest absolute Gasteiger partial charge is 0.256 e. The van der Waals surface area contributed by atoms with Crippen LogP contribution in [0.1, 0.15) is 60.9 Å². The van der Waals surface area contributed by atoms with Crippen LogP contribution in [0.4, 0.5) is 5.82 Å². The number of hydrogen-bond donors (Lipinski definition) is 2. The average molecular weight is 516 g/mol. The second-order valence-corrected chi connectivity index (χ2v) is 10.3. The quantitative estimate of drug-likeness (QED) is 0.321. The molecule has 0 fully saturated rings. The summed E-state index contributed by atoms with van der Waals surface area (Å²) in [5.41, 5.74) is 3.74. The number of rotatable bonds is 7. The molecule has 0 bridgehead atoms. The Morgan fingerprint density at radius 2 is 1.76 bits per heavy atom. The maximum absolute atomic E-state index is 13.0. The molecule has 0 spiro atoms. The van der Waals surface area contributed by atoms with E-state index in [0.29, 0.717) is 22.9 Å². The van der Waals surface area contributed by atoms with Gasteiger partial charge in [0.2, 0.25) is 5.91 Å². The minimum Gasteiger partial charge on any atom is -0.350 e. The monoisotopic (exact) mass is 515 g/mol. The second kappa shape index (κ2) is 11.0. The molecular formula is C29H30ClN5O2. The largest absolute Gasteiger partial charge is 0.350 e. The molecule has 2 aromatic carbocycles. The summed E-state index contributed by atoms with van der Waals surface area (Å²) in [5.74, 6) is -0.391. The van der Waals surface area contributed by atoms with Crippen molar-refractivity contribution in [3.8, 4) is 5.69 Å². The Balaban J connectivity index is 1.44. The highest BCUT2D eigenvalue weighted by Gasteiger charge is 2.22. The van der Waals surface area contributed by atoms with Crippen molar-refractivity contribution >= 4 is 29.2 Å². The van der Waals surface area contributed by atoms with Gasteiger partial charge >= 0.3 is 0 Å². The van der Waals surface area contributed by atoms with Crippen LogP contribution in [0.3, 0.4) is 0 Å². The van der Waals surface area contributed by atoms with Crippen molar-refractivity contribution < 1.29 is 9.59 Å². The fraction of sp³-hybridized carbons (Fsp3) is 0.241. The zero-order chi connectivity index (χ0) is 26.6. The van der Waals surface area contributed by atoms with Gasteiger partial charge in [0.15, 0.2) is 0 Å². The third-order valence-corrected chi connectivity index (χ3v) is 6.24. The van der Waals surface area contributed by atoms with Gasteiger partial charge in [0.25, 0.3) is 5.91 Å². The Kier molecular flexibility index (Phi) is 7.74. The van der Waals surface area contributed by atoms with Gasteiger partial charge in [-0.05, 0) is 55.0 Å². The first kappa shape index (κ1) is 26.1. The van der Waals surface area contributed by atoms with Crippen molar-refractivity contribution in [3.63, 3.8) is 0 Å². The molecule has 0 aliphatic carbocycles. The molecule has 37 heavy (non-hydrogen) atoms. The van der Waals surface area contributed by atoms with Gasteiger partial charge in [-0.25, -0.2) is 9.67 Å². The van der Waals surface area contributed by atoms with Crippen molar-refractivity contribution in [1.29, 1.82) is 0 Å². The van der Waals surface area contributed by atoms with Crippen LogP contribution in [0.25, 0.3) is 5.69 Å². The molecule has 0 saturated heterocycles. The van der Waals surface area contributed by atoms with Crippen molar-refractivity contribution in [3.05, 3.63) is 107 Å². The lowest BCUT2D eigenvalue weighted by Gasteiger charge is -2.14. The zero-order valence-corrected chi connectivity index (χ0v) is 22.1. The summed E-state index contributed by atoms with van der Waals surface area (Å²) in [6.45, 7) is 8.42. The number of carbonyl (C=O) groups is 2. The van der Waals surface area contributed by atoms with Gasteiger partial charge in [-0.2, -0.15) is 5.10 Å². The van der Waals surface area contributed by atoms with Crippen LogP contribution < -0.4 is 10.6 Å². The van der Waals surface area contributed by atoms with Crippen LogP contribution in [0, 0.1) is 0 Å². The molecule has 2 N–H and O–H groups in total. The molecule has 4 aromatic rings. The van der Waals surface area contributed by atoms with Gasteiger partial charge in [-0.15, -0.1) is 0 Å². The van der Waals surface area contributed by atoms with Gasteiger partial charge in [0.05, 0.1) is 29.5 Å². The van der Waals surface area contributed by atoms with Crippen LogP contribution >= 0.6 is 11.6 Å². The molecule has 8 heteroatoms. The van der Waals surface area contributed by atoms with E-state index in [9.17, 15) is 9.59 Å². The lowest BCUT2D eigenvalue weighted by atomic mass is 9.92. The normalized spacial score (nSPS) is 12.1. The standard InChI is InChI=1S/C29H30ClN5O2/c1-19(21-13-14-26(31-17-21)33-28(37)20-9-6-5-7-10-20)27(36)32-18-24-16-25(29(2,3)4)34-35(24)23-12-8-11-22(30)15-23/h5-17,19H,18H2,1-4H3,(H,32,36)(H,31,33,37). The molecule has 2 heterocycles. The number of hydrogen-bond acceptors (Lipinski definition) is 4. The summed E-state index contributed by atoms with van der Waals surface area (Å²) in [6.07, 6.45) is 1.61. The Morgan fingerprint density at radius 1 is 1.00 bits per heavy atom. The number of benzene rings is 2. The number of halogens is 1. The first-order valence-electron chi connectivity index (χ1n) is 12.1. The Bertz CT molecular complexity index is 1390. The third kappa shape index (κ3) is 6.43. The predicted octanol–water partition coefficient (Wildman–Crippen LogP) is 5.89. The van der Waals surface area contributed by atoms with Gasteiger partial charge in [0, 0.05) is 22.2 Å². The predicted molar refractivity (Wildman–Crippen MR) is 146 cm³/mol. The van der Waals surface area contributed by atoms with E-state index in [0.717, 1.165) is 22.6 Å². The van der Waals surface area contributed by atoms with E-state index in [1.54, 1.807) is 42.6 Å². The molecule has 2 aromatic heterocycles. The number of amides is 2. The molecule has 0 aliphatic rings. The number of nitrogens with one attached hydrogen (secondary N) is 2. The number of pyridine rings is 1. The average Bonchev–Trinajstić information content (AvgIpc) is 3.33. The molecule has 4 rings (SSSR count). The van der Waals surface area contributed by atoms with Crippen LogP contribution in [-0.2, 0) is 16.8 Å². The Morgan fingerprint density at radius 3 is 2.41 bits per heavy atom. The highest BCUT2D eigenvalue weighted by molar-refractivity contribution is 6.30. The van der Waals surface area contributed by atoms with E-state index in [1.165, 1.54) is 0 Å². The van der Waals surface area contributed by atoms with E-state index >= 15 is 0 Å². The summed E-state index contributed by atoms with van der Waals surface area (Å²) in [6, 6.07) is 21.9. The second-order valence-electron chi connectivity index (χ2n) is 9.90. The van der Waals surface area contributed by atoms with Crippen molar-refractivity contribution in [2.75, 3.05) is 5.32 Å². The Hall–Kier alpha value is -3.97. The maximum atomic E-state index is 13.0. The lowest BCUT2D eigenvalue weighted by Crippen LogP contribution is -2.28. The molecule has 0 radical (unpaired) electrons. The van der Waals surface area contributed by atoms with Gasteiger partial charge in [0.1, 0.15) is 5.82 Å². The van der Waals surface area contributed by atoms with E-state index in [2.05, 4.69) is 36.4 Å². The summed E-state index contributed by atoms with van der Waals surface area (Å²) >= 11 is 6.21. The lowest BCUT2D eigenvalue weighted by molar-refractivity contribution is -0.122.